The molecule has 0 unspecified atom stereocenters. The van der Waals surface area contributed by atoms with Gasteiger partial charge in [-0.3, -0.25) is 4.90 Å². The van der Waals surface area contributed by atoms with Gasteiger partial charge in [-0.05, 0) is 55.5 Å². The summed E-state index contributed by atoms with van der Waals surface area (Å²) in [5, 5.41) is 1.03. The molecule has 6 nitrogen and oxygen atoms in total. The minimum atomic E-state index is 0.247. The SMILES string of the molecule is C[C@H]1CN(C2CCN(c3ncnc(Cl)n3)CC2)[C@@H](Cc2ccc(Cl)cc2)CO1. The molecule has 150 valence electrons. The Hall–Kier alpha value is -1.47. The Morgan fingerprint density at radius 2 is 1.86 bits per heavy atom. The monoisotopic (exact) mass is 421 g/mol. The van der Waals surface area contributed by atoms with Crippen LogP contribution in [0.3, 0.4) is 0 Å². The van der Waals surface area contributed by atoms with Crippen LogP contribution in [0.4, 0.5) is 5.95 Å². The Morgan fingerprint density at radius 1 is 1.11 bits per heavy atom. The molecule has 2 aliphatic rings. The molecule has 2 aliphatic heterocycles. The molecule has 3 heterocycles. The third-order valence-electron chi connectivity index (χ3n) is 5.64. The summed E-state index contributed by atoms with van der Waals surface area (Å²) < 4.78 is 5.99. The molecule has 2 fully saturated rings. The fourth-order valence-corrected chi connectivity index (χ4v) is 4.45. The van der Waals surface area contributed by atoms with Crippen molar-refractivity contribution in [2.45, 2.75) is 44.4 Å². The first-order valence-corrected chi connectivity index (χ1v) is 10.6. The standard InChI is InChI=1S/C20H25Cl2N5O/c1-14-11-27(18(12-28-14)10-15-2-4-16(21)5-3-15)17-6-8-26(9-7-17)20-24-13-23-19(22)25-20/h2-5,13-14,17-18H,6-12H2,1H3/t14-,18-/m0/s1. The van der Waals surface area contributed by atoms with Crippen LogP contribution in [0.2, 0.25) is 10.3 Å². The molecule has 0 radical (unpaired) electrons. The lowest BCUT2D eigenvalue weighted by Crippen LogP contribution is -2.56. The highest BCUT2D eigenvalue weighted by Gasteiger charge is 2.34. The van der Waals surface area contributed by atoms with Crippen molar-refractivity contribution in [3.8, 4) is 0 Å². The third kappa shape index (κ3) is 4.74. The van der Waals surface area contributed by atoms with E-state index in [2.05, 4.69) is 43.8 Å². The van der Waals surface area contributed by atoms with Gasteiger partial charge in [0.25, 0.3) is 0 Å². The predicted octanol–water partition coefficient (Wildman–Crippen LogP) is 3.48. The van der Waals surface area contributed by atoms with Crippen molar-refractivity contribution in [2.24, 2.45) is 0 Å². The molecule has 0 amide bonds. The lowest BCUT2D eigenvalue weighted by atomic mass is 9.96. The lowest BCUT2D eigenvalue weighted by Gasteiger charge is -2.46. The van der Waals surface area contributed by atoms with E-state index in [1.807, 2.05) is 12.1 Å². The quantitative estimate of drug-likeness (QED) is 0.752. The second kappa shape index (κ2) is 8.91. The number of morpholine rings is 1. The molecular weight excluding hydrogens is 397 g/mol. The fourth-order valence-electron chi connectivity index (χ4n) is 4.20. The first-order chi connectivity index (χ1) is 13.6. The van der Waals surface area contributed by atoms with Crippen molar-refractivity contribution < 1.29 is 4.74 Å². The first-order valence-electron chi connectivity index (χ1n) is 9.80. The van der Waals surface area contributed by atoms with Crippen molar-refractivity contribution in [1.29, 1.82) is 0 Å². The van der Waals surface area contributed by atoms with Gasteiger partial charge in [0.05, 0.1) is 12.7 Å². The van der Waals surface area contributed by atoms with Gasteiger partial charge in [0.15, 0.2) is 0 Å². The first kappa shape index (κ1) is 19.8. The van der Waals surface area contributed by atoms with Gasteiger partial charge in [0.1, 0.15) is 6.33 Å². The average molecular weight is 422 g/mol. The minimum absolute atomic E-state index is 0.247. The predicted molar refractivity (Wildman–Crippen MR) is 111 cm³/mol. The van der Waals surface area contributed by atoms with Crippen LogP contribution < -0.4 is 4.90 Å². The molecule has 1 aromatic carbocycles. The molecule has 2 saturated heterocycles. The summed E-state index contributed by atoms with van der Waals surface area (Å²) in [5.74, 6) is 0.673. The van der Waals surface area contributed by atoms with Gasteiger partial charge >= 0.3 is 0 Å². The number of benzene rings is 1. The molecule has 0 saturated carbocycles. The Morgan fingerprint density at radius 3 is 2.57 bits per heavy atom. The van der Waals surface area contributed by atoms with Crippen LogP contribution in [0.15, 0.2) is 30.6 Å². The van der Waals surface area contributed by atoms with E-state index >= 15 is 0 Å². The molecule has 28 heavy (non-hydrogen) atoms. The molecule has 2 aromatic rings. The topological polar surface area (TPSA) is 54.4 Å². The zero-order valence-corrected chi connectivity index (χ0v) is 17.5. The van der Waals surface area contributed by atoms with E-state index < -0.39 is 0 Å². The Labute approximate surface area is 175 Å². The fraction of sp³-hybridized carbons (Fsp3) is 0.550. The van der Waals surface area contributed by atoms with Gasteiger partial charge in [0.2, 0.25) is 11.2 Å². The molecule has 8 heteroatoms. The van der Waals surface area contributed by atoms with Crippen LogP contribution in [-0.4, -0.2) is 64.3 Å². The van der Waals surface area contributed by atoms with E-state index in [0.29, 0.717) is 18.0 Å². The minimum Gasteiger partial charge on any atom is -0.376 e. The van der Waals surface area contributed by atoms with Gasteiger partial charge in [-0.2, -0.15) is 4.98 Å². The largest absolute Gasteiger partial charge is 0.376 e. The molecule has 4 rings (SSSR count). The van der Waals surface area contributed by atoms with Crippen molar-refractivity contribution >= 4 is 29.2 Å². The van der Waals surface area contributed by atoms with Crippen LogP contribution in [0, 0.1) is 0 Å². The molecule has 2 atom stereocenters. The number of anilines is 1. The zero-order chi connectivity index (χ0) is 19.5. The number of rotatable bonds is 4. The van der Waals surface area contributed by atoms with Gasteiger partial charge in [0, 0.05) is 36.7 Å². The number of piperidine rings is 1. The molecule has 0 aliphatic carbocycles. The molecule has 0 spiro atoms. The van der Waals surface area contributed by atoms with E-state index in [0.717, 1.165) is 50.5 Å². The number of aromatic nitrogens is 3. The van der Waals surface area contributed by atoms with Crippen LogP contribution in [0.25, 0.3) is 0 Å². The second-order valence-electron chi connectivity index (χ2n) is 7.60. The Balaban J connectivity index is 1.41. The number of hydrogen-bond donors (Lipinski definition) is 0. The van der Waals surface area contributed by atoms with Crippen LogP contribution in [0.1, 0.15) is 25.3 Å². The van der Waals surface area contributed by atoms with E-state index in [1.165, 1.54) is 11.9 Å². The van der Waals surface area contributed by atoms with Crippen molar-refractivity contribution in [3.63, 3.8) is 0 Å². The van der Waals surface area contributed by atoms with Gasteiger partial charge in [-0.15, -0.1) is 0 Å². The van der Waals surface area contributed by atoms with Gasteiger partial charge in [-0.25, -0.2) is 9.97 Å². The molecule has 0 bridgehead atoms. The zero-order valence-electron chi connectivity index (χ0n) is 16.0. The number of nitrogens with zero attached hydrogens (tertiary/aromatic N) is 5. The number of halogens is 2. The maximum absolute atomic E-state index is 6.04. The maximum Gasteiger partial charge on any atom is 0.229 e. The van der Waals surface area contributed by atoms with Crippen LogP contribution >= 0.6 is 23.2 Å². The molecular formula is C20H25Cl2N5O. The smallest absolute Gasteiger partial charge is 0.229 e. The van der Waals surface area contributed by atoms with E-state index in [1.54, 1.807) is 0 Å². The van der Waals surface area contributed by atoms with E-state index in [4.69, 9.17) is 27.9 Å². The van der Waals surface area contributed by atoms with Crippen LogP contribution in [-0.2, 0) is 11.2 Å². The van der Waals surface area contributed by atoms with E-state index in [9.17, 15) is 0 Å². The maximum atomic E-state index is 6.04. The highest BCUT2D eigenvalue weighted by atomic mass is 35.5. The highest BCUT2D eigenvalue weighted by Crippen LogP contribution is 2.26. The van der Waals surface area contributed by atoms with E-state index in [-0.39, 0.29) is 11.4 Å². The normalized spacial score (nSPS) is 24.5. The summed E-state index contributed by atoms with van der Waals surface area (Å²) in [5.41, 5.74) is 1.30. The van der Waals surface area contributed by atoms with Crippen molar-refractivity contribution in [2.75, 3.05) is 31.1 Å². The summed E-state index contributed by atoms with van der Waals surface area (Å²) in [6.45, 7) is 5.75. The molecule has 1 aromatic heterocycles. The van der Waals surface area contributed by atoms with Crippen LogP contribution in [0.5, 0.6) is 0 Å². The highest BCUT2D eigenvalue weighted by molar-refractivity contribution is 6.30. The average Bonchev–Trinajstić information content (AvgIpc) is 2.71. The summed E-state index contributed by atoms with van der Waals surface area (Å²) in [4.78, 5) is 17.2. The summed E-state index contributed by atoms with van der Waals surface area (Å²) in [6, 6.07) is 9.09. The third-order valence-corrected chi connectivity index (χ3v) is 6.07. The van der Waals surface area contributed by atoms with Crippen molar-refractivity contribution in [3.05, 3.63) is 46.5 Å². The number of ether oxygens (including phenoxy) is 1. The summed E-state index contributed by atoms with van der Waals surface area (Å²) >= 11 is 12.0. The Kier molecular flexibility index (Phi) is 6.31. The van der Waals surface area contributed by atoms with Crippen molar-refractivity contribution in [1.82, 2.24) is 19.9 Å². The summed E-state index contributed by atoms with van der Waals surface area (Å²) in [7, 11) is 0. The van der Waals surface area contributed by atoms with Gasteiger partial charge < -0.3 is 9.64 Å². The summed E-state index contributed by atoms with van der Waals surface area (Å²) in [6.07, 6.45) is 4.87. The second-order valence-corrected chi connectivity index (χ2v) is 8.37. The molecule has 0 N–H and O–H groups in total. The van der Waals surface area contributed by atoms with Gasteiger partial charge in [-0.1, -0.05) is 23.7 Å². The Bertz CT molecular complexity index is 782. The number of hydrogen-bond acceptors (Lipinski definition) is 6. The lowest BCUT2D eigenvalue weighted by molar-refractivity contribution is -0.0745.